The summed E-state index contributed by atoms with van der Waals surface area (Å²) < 4.78 is 42.8. The Bertz CT molecular complexity index is 679. The first kappa shape index (κ1) is 19.1. The average molecular weight is 378 g/mol. The van der Waals surface area contributed by atoms with Gasteiger partial charge in [-0.15, -0.1) is 11.3 Å². The zero-order chi connectivity index (χ0) is 17.8. The van der Waals surface area contributed by atoms with Crippen LogP contribution < -0.4 is 14.8 Å². The lowest BCUT2D eigenvalue weighted by atomic mass is 9.99. The van der Waals surface area contributed by atoms with Crippen molar-refractivity contribution in [2.24, 2.45) is 0 Å². The number of ether oxygens (including phenoxy) is 3. The van der Waals surface area contributed by atoms with Crippen LogP contribution in [0.4, 0.5) is 0 Å². The Hall–Kier alpha value is -1.20. The molecule has 2 heterocycles. The van der Waals surface area contributed by atoms with Gasteiger partial charge in [0.05, 0.1) is 26.4 Å². The van der Waals surface area contributed by atoms with Gasteiger partial charge in [0.2, 0.25) is 0 Å². The molecule has 1 aromatic heterocycles. The molecular weight excluding hydrogens is 356 g/mol. The van der Waals surface area contributed by atoms with E-state index in [4.69, 9.17) is 9.47 Å². The monoisotopic (exact) mass is 378 g/mol. The van der Waals surface area contributed by atoms with Crippen LogP contribution >= 0.6 is 11.3 Å². The normalized spacial score (nSPS) is 21.0. The molecule has 1 saturated heterocycles. The number of rotatable bonds is 8. The largest absolute Gasteiger partial charge is 0.494 e. The molecule has 1 aliphatic heterocycles. The molecule has 0 radical (unpaired) electrons. The highest BCUT2D eigenvalue weighted by Crippen LogP contribution is 2.34. The minimum absolute atomic E-state index is 0.0454. The van der Waals surface area contributed by atoms with Crippen LogP contribution in [0.2, 0.25) is 0 Å². The number of hydrogen-bond donors (Lipinski definition) is 2. The molecule has 2 N–H and O–H groups in total. The van der Waals surface area contributed by atoms with E-state index in [1.54, 1.807) is 7.11 Å². The Labute approximate surface area is 145 Å². The highest BCUT2D eigenvalue weighted by molar-refractivity contribution is 7.91. The minimum Gasteiger partial charge on any atom is -0.494 e. The number of nitrogens with one attached hydrogen (secondary N) is 2. The third kappa shape index (κ3) is 4.06. The number of thiophene rings is 1. The second-order valence-corrected chi connectivity index (χ2v) is 8.54. The minimum atomic E-state index is -3.83. The summed E-state index contributed by atoms with van der Waals surface area (Å²) in [5.74, 6) is -0.485. The standard InChI is InChI=1S/C14H22N2O6S2/c1-20-9-14(5-4-6-15-14)8-16-24(18,19)13-10(21-2)7-11(23-13)12(17)22-3/h7,15-16H,4-6,8-9H2,1-3H3. The van der Waals surface area contributed by atoms with Gasteiger partial charge in [0.25, 0.3) is 10.0 Å². The lowest BCUT2D eigenvalue weighted by molar-refractivity contribution is 0.0606. The fourth-order valence-corrected chi connectivity index (χ4v) is 5.32. The van der Waals surface area contributed by atoms with Crippen molar-refractivity contribution in [1.82, 2.24) is 10.0 Å². The molecule has 1 aliphatic rings. The van der Waals surface area contributed by atoms with Crippen LogP contribution in [0.3, 0.4) is 0 Å². The second-order valence-electron chi connectivity index (χ2n) is 5.53. The van der Waals surface area contributed by atoms with Gasteiger partial charge in [-0.3, -0.25) is 0 Å². The van der Waals surface area contributed by atoms with Crippen LogP contribution in [0.25, 0.3) is 0 Å². The number of hydrogen-bond acceptors (Lipinski definition) is 8. The lowest BCUT2D eigenvalue weighted by Gasteiger charge is -2.28. The van der Waals surface area contributed by atoms with Crippen LogP contribution in [-0.2, 0) is 19.5 Å². The van der Waals surface area contributed by atoms with Gasteiger partial charge >= 0.3 is 5.97 Å². The van der Waals surface area contributed by atoms with Gasteiger partial charge in [0.1, 0.15) is 4.88 Å². The van der Waals surface area contributed by atoms with E-state index < -0.39 is 21.5 Å². The number of carbonyl (C=O) groups excluding carboxylic acids is 1. The second kappa shape index (κ2) is 7.79. The van der Waals surface area contributed by atoms with Crippen LogP contribution in [0.1, 0.15) is 22.5 Å². The highest BCUT2D eigenvalue weighted by Gasteiger charge is 2.36. The van der Waals surface area contributed by atoms with Gasteiger partial charge in [-0.05, 0) is 19.4 Å². The first-order chi connectivity index (χ1) is 11.4. The summed E-state index contributed by atoms with van der Waals surface area (Å²) in [6.07, 6.45) is 1.78. The smallest absolute Gasteiger partial charge is 0.348 e. The Balaban J connectivity index is 2.20. The molecule has 0 saturated carbocycles. The summed E-state index contributed by atoms with van der Waals surface area (Å²) >= 11 is 0.817. The third-order valence-electron chi connectivity index (χ3n) is 3.87. The molecule has 0 spiro atoms. The summed E-state index contributed by atoms with van der Waals surface area (Å²) in [5, 5.41) is 3.30. The molecule has 1 unspecified atom stereocenters. The number of esters is 1. The molecule has 0 aromatic carbocycles. The van der Waals surface area contributed by atoms with E-state index >= 15 is 0 Å². The first-order valence-corrected chi connectivity index (χ1v) is 9.67. The maximum absolute atomic E-state index is 12.6. The molecule has 8 nitrogen and oxygen atoms in total. The van der Waals surface area contributed by atoms with E-state index in [9.17, 15) is 13.2 Å². The van der Waals surface area contributed by atoms with E-state index in [1.165, 1.54) is 20.3 Å². The van der Waals surface area contributed by atoms with Crippen molar-refractivity contribution in [3.05, 3.63) is 10.9 Å². The van der Waals surface area contributed by atoms with Gasteiger partial charge in [-0.1, -0.05) is 0 Å². The van der Waals surface area contributed by atoms with E-state index in [0.717, 1.165) is 30.7 Å². The quantitative estimate of drug-likeness (QED) is 0.638. The molecule has 1 fully saturated rings. The van der Waals surface area contributed by atoms with E-state index in [1.807, 2.05) is 0 Å². The summed E-state index contributed by atoms with van der Waals surface area (Å²) in [6, 6.07) is 1.36. The molecule has 136 valence electrons. The summed E-state index contributed by atoms with van der Waals surface area (Å²) in [5.41, 5.74) is -0.419. The van der Waals surface area contributed by atoms with Crippen molar-refractivity contribution in [1.29, 1.82) is 0 Å². The van der Waals surface area contributed by atoms with Crippen molar-refractivity contribution in [3.63, 3.8) is 0 Å². The van der Waals surface area contributed by atoms with Crippen LogP contribution in [-0.4, -0.2) is 61.0 Å². The lowest BCUT2D eigenvalue weighted by Crippen LogP contribution is -2.52. The van der Waals surface area contributed by atoms with Crippen LogP contribution in [0.5, 0.6) is 5.75 Å². The van der Waals surface area contributed by atoms with Crippen molar-refractivity contribution >= 4 is 27.3 Å². The first-order valence-electron chi connectivity index (χ1n) is 7.37. The predicted molar refractivity (Wildman–Crippen MR) is 89.2 cm³/mol. The fraction of sp³-hybridized carbons (Fsp3) is 0.643. The van der Waals surface area contributed by atoms with E-state index in [-0.39, 0.29) is 21.4 Å². The van der Waals surface area contributed by atoms with Crippen molar-refractivity contribution in [2.75, 3.05) is 41.0 Å². The molecule has 2 rings (SSSR count). The zero-order valence-electron chi connectivity index (χ0n) is 13.9. The Morgan fingerprint density at radius 1 is 1.42 bits per heavy atom. The zero-order valence-corrected chi connectivity index (χ0v) is 15.5. The number of carbonyl (C=O) groups is 1. The summed E-state index contributed by atoms with van der Waals surface area (Å²) in [7, 11) is 0.348. The van der Waals surface area contributed by atoms with Crippen LogP contribution in [0, 0.1) is 0 Å². The number of sulfonamides is 1. The fourth-order valence-electron chi connectivity index (χ4n) is 2.66. The molecule has 10 heteroatoms. The Morgan fingerprint density at radius 2 is 2.17 bits per heavy atom. The Kier molecular flexibility index (Phi) is 6.21. The summed E-state index contributed by atoms with van der Waals surface area (Å²) in [6.45, 7) is 1.42. The van der Waals surface area contributed by atoms with E-state index in [0.29, 0.717) is 6.61 Å². The molecular formula is C14H22N2O6S2. The van der Waals surface area contributed by atoms with Gasteiger partial charge < -0.3 is 19.5 Å². The van der Waals surface area contributed by atoms with E-state index in [2.05, 4.69) is 14.8 Å². The molecule has 0 amide bonds. The summed E-state index contributed by atoms with van der Waals surface area (Å²) in [4.78, 5) is 11.8. The topological polar surface area (TPSA) is 103 Å². The number of methoxy groups -OCH3 is 3. The van der Waals surface area contributed by atoms with Crippen LogP contribution in [0.15, 0.2) is 10.3 Å². The SMILES string of the molecule is COCC1(CNS(=O)(=O)c2sc(C(=O)OC)cc2OC)CCCN1. The highest BCUT2D eigenvalue weighted by atomic mass is 32.2. The maximum atomic E-state index is 12.6. The van der Waals surface area contributed by atoms with Gasteiger partial charge in [0, 0.05) is 19.7 Å². The molecule has 24 heavy (non-hydrogen) atoms. The Morgan fingerprint density at radius 3 is 2.71 bits per heavy atom. The van der Waals surface area contributed by atoms with Gasteiger partial charge in [0.15, 0.2) is 9.96 Å². The molecule has 0 bridgehead atoms. The van der Waals surface area contributed by atoms with Gasteiger partial charge in [-0.25, -0.2) is 17.9 Å². The van der Waals surface area contributed by atoms with Crippen molar-refractivity contribution in [2.45, 2.75) is 22.6 Å². The predicted octanol–water partition coefficient (Wildman–Crippen LogP) is 0.590. The van der Waals surface area contributed by atoms with Crippen molar-refractivity contribution in [3.8, 4) is 5.75 Å². The molecule has 1 aromatic rings. The molecule has 1 atom stereocenters. The van der Waals surface area contributed by atoms with Crippen molar-refractivity contribution < 1.29 is 27.4 Å². The van der Waals surface area contributed by atoms with Gasteiger partial charge in [-0.2, -0.15) is 0 Å². The maximum Gasteiger partial charge on any atom is 0.348 e. The molecule has 0 aliphatic carbocycles. The average Bonchev–Trinajstić information content (AvgIpc) is 3.20. The third-order valence-corrected chi connectivity index (χ3v) is 6.88.